The first-order chi connectivity index (χ1) is 18.1. The van der Waals surface area contributed by atoms with Crippen LogP contribution in [0.1, 0.15) is 42.3 Å². The molecule has 0 unspecified atom stereocenters. The number of hydrogen-bond acceptors (Lipinski definition) is 4. The van der Waals surface area contributed by atoms with Gasteiger partial charge in [0.25, 0.3) is 5.56 Å². The smallest absolute Gasteiger partial charge is 0.277 e. The molecule has 0 amide bonds. The van der Waals surface area contributed by atoms with Crippen molar-refractivity contribution in [1.82, 2.24) is 14.1 Å². The van der Waals surface area contributed by atoms with Crippen LogP contribution in [0.3, 0.4) is 0 Å². The normalized spacial score (nSPS) is 11.0. The van der Waals surface area contributed by atoms with Gasteiger partial charge in [0.2, 0.25) is 0 Å². The Labute approximate surface area is 216 Å². The van der Waals surface area contributed by atoms with Gasteiger partial charge in [-0.3, -0.25) is 4.79 Å². The molecular weight excluding hydrogens is 458 g/mol. The molecule has 2 aromatic heterocycles. The van der Waals surface area contributed by atoms with Crippen LogP contribution in [0.15, 0.2) is 89.9 Å². The van der Waals surface area contributed by atoms with Crippen LogP contribution in [0, 0.1) is 11.3 Å². The number of para-hydroxylation sites is 1. The van der Waals surface area contributed by atoms with E-state index in [9.17, 15) is 10.1 Å². The molecule has 184 valence electrons. The third kappa shape index (κ3) is 4.89. The molecule has 6 heteroatoms. The van der Waals surface area contributed by atoms with Crippen molar-refractivity contribution in [2.45, 2.75) is 39.3 Å². The van der Waals surface area contributed by atoms with Crippen molar-refractivity contribution in [2.75, 3.05) is 5.73 Å². The molecule has 2 N–H and O–H groups in total. The average molecular weight is 488 g/mol. The molecule has 5 aromatic rings. The predicted octanol–water partition coefficient (Wildman–Crippen LogP) is 5.76. The Kier molecular flexibility index (Phi) is 6.87. The van der Waals surface area contributed by atoms with Gasteiger partial charge in [0.15, 0.2) is 0 Å². The first-order valence-electron chi connectivity index (χ1n) is 12.6. The molecular formula is C31H29N5O. The zero-order valence-electron chi connectivity index (χ0n) is 20.9. The minimum Gasteiger partial charge on any atom is -0.398 e. The Morgan fingerprint density at radius 1 is 0.946 bits per heavy atom. The molecule has 2 heterocycles. The van der Waals surface area contributed by atoms with Gasteiger partial charge >= 0.3 is 0 Å². The van der Waals surface area contributed by atoms with Gasteiger partial charge in [-0.05, 0) is 46.9 Å². The van der Waals surface area contributed by atoms with Crippen molar-refractivity contribution < 1.29 is 0 Å². The quantitative estimate of drug-likeness (QED) is 0.282. The fourth-order valence-corrected chi connectivity index (χ4v) is 4.71. The fourth-order valence-electron chi connectivity index (χ4n) is 4.71. The molecule has 0 saturated carbocycles. The molecule has 0 saturated heterocycles. The highest BCUT2D eigenvalue weighted by Crippen LogP contribution is 2.25. The summed E-state index contributed by atoms with van der Waals surface area (Å²) < 4.78 is 3.77. The molecule has 0 aliphatic carbocycles. The summed E-state index contributed by atoms with van der Waals surface area (Å²) >= 11 is 0. The topological polar surface area (TPSA) is 89.6 Å². The number of nitriles is 1. The number of rotatable bonds is 8. The minimum absolute atomic E-state index is 0.0735. The molecule has 0 radical (unpaired) electrons. The summed E-state index contributed by atoms with van der Waals surface area (Å²) in [6.45, 7) is 3.11. The molecule has 0 atom stereocenters. The highest BCUT2D eigenvalue weighted by atomic mass is 16.1. The first-order valence-corrected chi connectivity index (χ1v) is 12.6. The van der Waals surface area contributed by atoms with Gasteiger partial charge in [-0.2, -0.15) is 5.26 Å². The highest BCUT2D eigenvalue weighted by Gasteiger charge is 2.16. The number of nitrogen functional groups attached to an aromatic ring is 1. The van der Waals surface area contributed by atoms with E-state index in [0.717, 1.165) is 47.3 Å². The number of benzene rings is 3. The summed E-state index contributed by atoms with van der Waals surface area (Å²) in [7, 11) is 0. The van der Waals surface area contributed by atoms with Gasteiger partial charge in [0, 0.05) is 24.8 Å². The van der Waals surface area contributed by atoms with Crippen LogP contribution in [-0.2, 0) is 19.5 Å². The molecule has 6 nitrogen and oxygen atoms in total. The highest BCUT2D eigenvalue weighted by molar-refractivity contribution is 5.75. The summed E-state index contributed by atoms with van der Waals surface area (Å²) in [5.41, 5.74) is 12.6. The van der Waals surface area contributed by atoms with Crippen molar-refractivity contribution in [2.24, 2.45) is 0 Å². The molecule has 5 rings (SSSR count). The number of imidazole rings is 1. The monoisotopic (exact) mass is 487 g/mol. The molecule has 0 aliphatic rings. The predicted molar refractivity (Wildman–Crippen MR) is 148 cm³/mol. The number of aromatic nitrogens is 3. The Morgan fingerprint density at radius 3 is 2.46 bits per heavy atom. The number of pyridine rings is 1. The Hall–Kier alpha value is -4.63. The van der Waals surface area contributed by atoms with E-state index in [2.05, 4.69) is 29.7 Å². The van der Waals surface area contributed by atoms with Crippen LogP contribution >= 0.6 is 0 Å². The molecule has 0 spiro atoms. The number of hydrogen-bond donors (Lipinski definition) is 1. The standard InChI is InChI=1S/C31H29N5O/c1-2-3-12-29-34-28-17-18-35(21-25-9-5-7-11-27(25)33)31(37)30(28)36(29)20-22-13-15-23(16-14-22)26-10-6-4-8-24(26)19-32/h4-11,13-18H,2-3,12,20-21,33H2,1H3. The number of nitrogens with two attached hydrogens (primary N) is 1. The van der Waals surface area contributed by atoms with Crippen LogP contribution in [0.25, 0.3) is 22.2 Å². The van der Waals surface area contributed by atoms with Crippen molar-refractivity contribution in [3.8, 4) is 17.2 Å². The maximum Gasteiger partial charge on any atom is 0.277 e. The summed E-state index contributed by atoms with van der Waals surface area (Å²) in [6.07, 6.45) is 4.67. The van der Waals surface area contributed by atoms with E-state index in [1.807, 2.05) is 66.7 Å². The number of aryl methyl sites for hydroxylation is 1. The minimum atomic E-state index is -0.0735. The maximum absolute atomic E-state index is 13.7. The lowest BCUT2D eigenvalue weighted by Gasteiger charge is -2.12. The Balaban J connectivity index is 1.53. The van der Waals surface area contributed by atoms with Crippen LogP contribution in [0.5, 0.6) is 0 Å². The SMILES string of the molecule is CCCCc1nc2ccn(Cc3ccccc3N)c(=O)c2n1Cc1ccc(-c2ccccc2C#N)cc1. The number of anilines is 1. The lowest BCUT2D eigenvalue weighted by molar-refractivity contribution is 0.684. The van der Waals surface area contributed by atoms with E-state index in [1.54, 1.807) is 10.8 Å². The van der Waals surface area contributed by atoms with Crippen molar-refractivity contribution in [3.63, 3.8) is 0 Å². The number of fused-ring (bicyclic) bond motifs is 1. The van der Waals surface area contributed by atoms with E-state index in [1.165, 1.54) is 0 Å². The second-order valence-electron chi connectivity index (χ2n) is 9.25. The largest absolute Gasteiger partial charge is 0.398 e. The van der Waals surface area contributed by atoms with Crippen LogP contribution in [0.4, 0.5) is 5.69 Å². The van der Waals surface area contributed by atoms with E-state index in [4.69, 9.17) is 10.7 Å². The van der Waals surface area contributed by atoms with Crippen LogP contribution < -0.4 is 11.3 Å². The van der Waals surface area contributed by atoms with Crippen molar-refractivity contribution in [1.29, 1.82) is 5.26 Å². The third-order valence-electron chi connectivity index (χ3n) is 6.75. The zero-order chi connectivity index (χ0) is 25.8. The lowest BCUT2D eigenvalue weighted by Crippen LogP contribution is -2.23. The van der Waals surface area contributed by atoms with Crippen LogP contribution in [0.2, 0.25) is 0 Å². The van der Waals surface area contributed by atoms with E-state index in [-0.39, 0.29) is 5.56 Å². The van der Waals surface area contributed by atoms with Gasteiger partial charge < -0.3 is 14.9 Å². The molecule has 37 heavy (non-hydrogen) atoms. The van der Waals surface area contributed by atoms with E-state index in [0.29, 0.717) is 35.4 Å². The average Bonchev–Trinajstić information content (AvgIpc) is 3.28. The molecule has 0 aliphatic heterocycles. The lowest BCUT2D eigenvalue weighted by atomic mass is 9.99. The summed E-state index contributed by atoms with van der Waals surface area (Å²) in [4.78, 5) is 18.5. The van der Waals surface area contributed by atoms with Crippen LogP contribution in [-0.4, -0.2) is 14.1 Å². The van der Waals surface area contributed by atoms with E-state index >= 15 is 0 Å². The van der Waals surface area contributed by atoms with Crippen molar-refractivity contribution in [3.05, 3.63) is 118 Å². The maximum atomic E-state index is 13.7. The van der Waals surface area contributed by atoms with Gasteiger partial charge in [-0.15, -0.1) is 0 Å². The van der Waals surface area contributed by atoms with E-state index < -0.39 is 0 Å². The van der Waals surface area contributed by atoms with Gasteiger partial charge in [-0.1, -0.05) is 74.0 Å². The Morgan fingerprint density at radius 2 is 1.70 bits per heavy atom. The zero-order valence-corrected chi connectivity index (χ0v) is 20.9. The van der Waals surface area contributed by atoms with Gasteiger partial charge in [0.1, 0.15) is 11.3 Å². The third-order valence-corrected chi connectivity index (χ3v) is 6.75. The van der Waals surface area contributed by atoms with Gasteiger partial charge in [-0.25, -0.2) is 4.98 Å². The molecule has 0 fully saturated rings. The van der Waals surface area contributed by atoms with Gasteiger partial charge in [0.05, 0.1) is 23.7 Å². The molecule has 3 aromatic carbocycles. The number of nitrogens with zero attached hydrogens (tertiary/aromatic N) is 4. The van der Waals surface area contributed by atoms with Crippen molar-refractivity contribution >= 4 is 16.7 Å². The molecule has 0 bridgehead atoms. The summed E-state index contributed by atoms with van der Waals surface area (Å²) in [5.74, 6) is 0.921. The number of unbranched alkanes of at least 4 members (excludes halogenated alkanes) is 1. The second kappa shape index (κ2) is 10.5. The fraction of sp³-hybridized carbons (Fsp3) is 0.194. The Bertz CT molecular complexity index is 1650. The summed E-state index contributed by atoms with van der Waals surface area (Å²) in [6, 6.07) is 27.6. The summed E-state index contributed by atoms with van der Waals surface area (Å²) in [5, 5.41) is 9.47. The first kappa shape index (κ1) is 24.1. The second-order valence-corrected chi connectivity index (χ2v) is 9.25.